The molecule has 3 aromatic heterocycles. The molecule has 4 heterocycles. The number of aryl methyl sites for hydroxylation is 2. The molecule has 7 nitrogen and oxygen atoms in total. The molecule has 27 heavy (non-hydrogen) atoms. The molecular formula is C20H24N4O3. The van der Waals surface area contributed by atoms with Gasteiger partial charge >= 0.3 is 0 Å². The Hall–Kier alpha value is -2.51. The fourth-order valence-electron chi connectivity index (χ4n) is 3.53. The molecule has 1 aliphatic rings. The van der Waals surface area contributed by atoms with Crippen molar-refractivity contribution in [1.82, 2.24) is 19.7 Å². The van der Waals surface area contributed by atoms with Gasteiger partial charge in [0.2, 0.25) is 0 Å². The van der Waals surface area contributed by atoms with Crippen molar-refractivity contribution < 1.29 is 14.2 Å². The third-order valence-electron chi connectivity index (χ3n) is 5.04. The number of hydrogen-bond acceptors (Lipinski definition) is 6. The van der Waals surface area contributed by atoms with E-state index >= 15 is 0 Å². The van der Waals surface area contributed by atoms with Crippen LogP contribution >= 0.6 is 0 Å². The molecule has 4 rings (SSSR count). The molecule has 3 aromatic rings. The van der Waals surface area contributed by atoms with Crippen LogP contribution in [0.5, 0.6) is 5.75 Å². The molecule has 1 aliphatic heterocycles. The van der Waals surface area contributed by atoms with Gasteiger partial charge < -0.3 is 14.2 Å². The van der Waals surface area contributed by atoms with Crippen LogP contribution in [0, 0.1) is 13.8 Å². The van der Waals surface area contributed by atoms with Crippen molar-refractivity contribution in [3.05, 3.63) is 41.5 Å². The lowest BCUT2D eigenvalue weighted by Crippen LogP contribution is -2.30. The van der Waals surface area contributed by atoms with Gasteiger partial charge in [0.25, 0.3) is 0 Å². The maximum atomic E-state index is 5.84. The van der Waals surface area contributed by atoms with Gasteiger partial charge in [0, 0.05) is 49.5 Å². The maximum Gasteiger partial charge on any atom is 0.158 e. The van der Waals surface area contributed by atoms with Gasteiger partial charge in [-0.2, -0.15) is 5.10 Å². The number of hydrogen-bond donors (Lipinski definition) is 0. The van der Waals surface area contributed by atoms with Crippen molar-refractivity contribution in [3.8, 4) is 11.6 Å². The second-order valence-corrected chi connectivity index (χ2v) is 6.82. The second-order valence-electron chi connectivity index (χ2n) is 6.82. The Balaban J connectivity index is 1.92. The highest BCUT2D eigenvalue weighted by Gasteiger charge is 2.39. The van der Waals surface area contributed by atoms with E-state index in [1.807, 2.05) is 49.8 Å². The number of fused-ring (bicyclic) bond motifs is 1. The van der Waals surface area contributed by atoms with E-state index in [4.69, 9.17) is 24.3 Å². The summed E-state index contributed by atoms with van der Waals surface area (Å²) in [6, 6.07) is 5.87. The minimum Gasteiger partial charge on any atom is -0.494 e. The smallest absolute Gasteiger partial charge is 0.158 e. The van der Waals surface area contributed by atoms with E-state index in [1.165, 1.54) is 0 Å². The molecule has 0 aromatic carbocycles. The van der Waals surface area contributed by atoms with Crippen LogP contribution in [0.4, 0.5) is 0 Å². The van der Waals surface area contributed by atoms with Gasteiger partial charge in [-0.25, -0.2) is 9.67 Å². The van der Waals surface area contributed by atoms with Crippen molar-refractivity contribution in [2.24, 2.45) is 0 Å². The normalized spacial score (nSPS) is 19.7. The minimum atomic E-state index is -0.558. The van der Waals surface area contributed by atoms with Crippen LogP contribution in [0.15, 0.2) is 24.4 Å². The average Bonchev–Trinajstić information content (AvgIpc) is 3.27. The van der Waals surface area contributed by atoms with Crippen LogP contribution in [-0.4, -0.2) is 46.7 Å². The van der Waals surface area contributed by atoms with Gasteiger partial charge in [-0.05, 0) is 26.8 Å². The zero-order chi connectivity index (χ0) is 19.0. The molecule has 0 N–H and O–H groups in total. The van der Waals surface area contributed by atoms with Gasteiger partial charge in [0.15, 0.2) is 5.82 Å². The Morgan fingerprint density at radius 3 is 2.81 bits per heavy atom. The average molecular weight is 368 g/mol. The predicted octanol–water partition coefficient (Wildman–Crippen LogP) is 3.09. The van der Waals surface area contributed by atoms with Gasteiger partial charge in [-0.15, -0.1) is 0 Å². The Kier molecular flexibility index (Phi) is 4.57. The van der Waals surface area contributed by atoms with Crippen molar-refractivity contribution in [2.75, 3.05) is 26.9 Å². The third-order valence-corrected chi connectivity index (χ3v) is 5.04. The van der Waals surface area contributed by atoms with Crippen LogP contribution in [0.2, 0.25) is 0 Å². The summed E-state index contributed by atoms with van der Waals surface area (Å²) < 4.78 is 19.1. The van der Waals surface area contributed by atoms with E-state index in [1.54, 1.807) is 7.11 Å². The summed E-state index contributed by atoms with van der Waals surface area (Å²) in [7, 11) is 1.70. The third kappa shape index (κ3) is 3.07. The monoisotopic (exact) mass is 368 g/mol. The van der Waals surface area contributed by atoms with Crippen molar-refractivity contribution in [3.63, 3.8) is 0 Å². The van der Waals surface area contributed by atoms with E-state index in [9.17, 15) is 0 Å². The van der Waals surface area contributed by atoms with E-state index in [-0.39, 0.29) is 0 Å². The molecule has 0 radical (unpaired) electrons. The van der Waals surface area contributed by atoms with E-state index in [2.05, 4.69) is 4.98 Å². The molecule has 0 saturated carbocycles. The first-order chi connectivity index (χ1) is 13.1. The standard InChI is InChI=1S/C20H24N4O3/c1-5-27-15-9-18(20(25-4)6-7-26-12-20)22-19(10-15)24-17-8-13(2)21-11-16(17)14(3)23-24/h8-11H,5-7,12H2,1-4H3. The number of methoxy groups -OCH3 is 1. The summed E-state index contributed by atoms with van der Waals surface area (Å²) in [5.74, 6) is 1.44. The topological polar surface area (TPSA) is 71.3 Å². The highest BCUT2D eigenvalue weighted by atomic mass is 16.5. The molecule has 0 bridgehead atoms. The molecule has 0 aliphatic carbocycles. The first kappa shape index (κ1) is 17.9. The van der Waals surface area contributed by atoms with Gasteiger partial charge in [0.1, 0.15) is 11.4 Å². The molecule has 0 spiro atoms. The molecule has 1 unspecified atom stereocenters. The first-order valence-corrected chi connectivity index (χ1v) is 9.17. The highest BCUT2D eigenvalue weighted by molar-refractivity contribution is 5.82. The van der Waals surface area contributed by atoms with Gasteiger partial charge in [0.05, 0.1) is 30.1 Å². The molecule has 1 atom stereocenters. The quantitative estimate of drug-likeness (QED) is 0.689. The fraction of sp³-hybridized carbons (Fsp3) is 0.450. The number of nitrogens with zero attached hydrogens (tertiary/aromatic N) is 4. The zero-order valence-electron chi connectivity index (χ0n) is 16.2. The molecule has 1 saturated heterocycles. The van der Waals surface area contributed by atoms with Crippen molar-refractivity contribution >= 4 is 10.9 Å². The maximum absolute atomic E-state index is 5.84. The number of aromatic nitrogens is 4. The summed E-state index contributed by atoms with van der Waals surface area (Å²) >= 11 is 0. The predicted molar refractivity (Wildman–Crippen MR) is 101 cm³/mol. The first-order valence-electron chi connectivity index (χ1n) is 9.17. The minimum absolute atomic E-state index is 0.480. The zero-order valence-corrected chi connectivity index (χ0v) is 16.2. The van der Waals surface area contributed by atoms with Crippen LogP contribution in [-0.2, 0) is 15.1 Å². The lowest BCUT2D eigenvalue weighted by molar-refractivity contribution is -0.0247. The van der Waals surface area contributed by atoms with Gasteiger partial charge in [-0.3, -0.25) is 4.98 Å². The van der Waals surface area contributed by atoms with Gasteiger partial charge in [-0.1, -0.05) is 0 Å². The largest absolute Gasteiger partial charge is 0.494 e. The summed E-state index contributed by atoms with van der Waals surface area (Å²) in [6.07, 6.45) is 2.62. The second kappa shape index (κ2) is 6.90. The summed E-state index contributed by atoms with van der Waals surface area (Å²) in [6.45, 7) is 7.61. The lowest BCUT2D eigenvalue weighted by Gasteiger charge is -2.26. The number of pyridine rings is 2. The molecule has 142 valence electrons. The fourth-order valence-corrected chi connectivity index (χ4v) is 3.53. The Bertz CT molecular complexity index is 977. The number of rotatable bonds is 5. The van der Waals surface area contributed by atoms with Crippen molar-refractivity contribution in [2.45, 2.75) is 32.8 Å². The summed E-state index contributed by atoms with van der Waals surface area (Å²) in [5, 5.41) is 5.72. The van der Waals surface area contributed by atoms with E-state index in [0.717, 1.165) is 40.2 Å². The van der Waals surface area contributed by atoms with E-state index < -0.39 is 5.60 Å². The SMILES string of the molecule is CCOc1cc(-n2nc(C)c3cnc(C)cc32)nc(C2(OC)CCOC2)c1. The van der Waals surface area contributed by atoms with Crippen LogP contribution < -0.4 is 4.74 Å². The lowest BCUT2D eigenvalue weighted by atomic mass is 9.97. The van der Waals surface area contributed by atoms with Crippen LogP contribution in [0.1, 0.15) is 30.4 Å². The molecule has 0 amide bonds. The Morgan fingerprint density at radius 2 is 2.11 bits per heavy atom. The van der Waals surface area contributed by atoms with Crippen LogP contribution in [0.25, 0.3) is 16.7 Å². The molecule has 1 fully saturated rings. The van der Waals surface area contributed by atoms with E-state index in [0.29, 0.717) is 25.6 Å². The Labute approximate surface area is 158 Å². The highest BCUT2D eigenvalue weighted by Crippen LogP contribution is 2.35. The Morgan fingerprint density at radius 1 is 1.26 bits per heavy atom. The summed E-state index contributed by atoms with van der Waals surface area (Å²) in [5.41, 5.74) is 3.06. The van der Waals surface area contributed by atoms with Crippen LogP contribution in [0.3, 0.4) is 0 Å². The van der Waals surface area contributed by atoms with Crippen molar-refractivity contribution in [1.29, 1.82) is 0 Å². The molecular weight excluding hydrogens is 344 g/mol. The number of ether oxygens (including phenoxy) is 3. The summed E-state index contributed by atoms with van der Waals surface area (Å²) in [4.78, 5) is 9.29. The molecule has 7 heteroatoms.